The third kappa shape index (κ3) is 5.48. The molecule has 1 heterocycles. The number of amides is 1. The SMILES string of the molecule is CC(=O)Nc1cccc(C(C)NCCN2CCCCC2)c1. The van der Waals surface area contributed by atoms with Crippen molar-refractivity contribution in [2.45, 2.75) is 39.2 Å². The lowest BCUT2D eigenvalue weighted by Crippen LogP contribution is -2.36. The summed E-state index contributed by atoms with van der Waals surface area (Å²) in [6.45, 7) is 8.32. The molecule has 4 nitrogen and oxygen atoms in total. The number of carbonyl (C=O) groups is 1. The second kappa shape index (κ2) is 8.15. The second-order valence-electron chi connectivity index (χ2n) is 5.88. The molecule has 1 aliphatic rings. The van der Waals surface area contributed by atoms with E-state index in [1.807, 2.05) is 18.2 Å². The molecule has 0 aromatic heterocycles. The molecule has 116 valence electrons. The van der Waals surface area contributed by atoms with E-state index < -0.39 is 0 Å². The summed E-state index contributed by atoms with van der Waals surface area (Å²) < 4.78 is 0. The van der Waals surface area contributed by atoms with Gasteiger partial charge in [0, 0.05) is 31.7 Å². The molecule has 0 radical (unpaired) electrons. The van der Waals surface area contributed by atoms with Crippen LogP contribution in [0.4, 0.5) is 5.69 Å². The molecule has 4 heteroatoms. The van der Waals surface area contributed by atoms with E-state index in [0.717, 1.165) is 18.8 Å². The molecule has 21 heavy (non-hydrogen) atoms. The second-order valence-corrected chi connectivity index (χ2v) is 5.88. The van der Waals surface area contributed by atoms with Crippen molar-refractivity contribution in [2.75, 3.05) is 31.5 Å². The Morgan fingerprint density at radius 1 is 1.29 bits per heavy atom. The van der Waals surface area contributed by atoms with Gasteiger partial charge < -0.3 is 15.5 Å². The van der Waals surface area contributed by atoms with Gasteiger partial charge >= 0.3 is 0 Å². The number of likely N-dealkylation sites (tertiary alicyclic amines) is 1. The number of nitrogens with zero attached hydrogens (tertiary/aromatic N) is 1. The zero-order valence-corrected chi connectivity index (χ0v) is 13.2. The van der Waals surface area contributed by atoms with Crippen molar-refractivity contribution in [3.05, 3.63) is 29.8 Å². The standard InChI is InChI=1S/C17H27N3O/c1-14(18-9-12-20-10-4-3-5-11-20)16-7-6-8-17(13-16)19-15(2)21/h6-8,13-14,18H,3-5,9-12H2,1-2H3,(H,19,21). The van der Waals surface area contributed by atoms with Crippen LogP contribution in [0.15, 0.2) is 24.3 Å². The maximum absolute atomic E-state index is 11.1. The first kappa shape index (κ1) is 16.0. The molecule has 0 spiro atoms. The van der Waals surface area contributed by atoms with Gasteiger partial charge in [-0.15, -0.1) is 0 Å². The first-order chi connectivity index (χ1) is 10.1. The van der Waals surface area contributed by atoms with Crippen LogP contribution in [0.2, 0.25) is 0 Å². The summed E-state index contributed by atoms with van der Waals surface area (Å²) >= 11 is 0. The molecular weight excluding hydrogens is 262 g/mol. The molecule has 1 aliphatic heterocycles. The molecule has 1 saturated heterocycles. The lowest BCUT2D eigenvalue weighted by Gasteiger charge is -2.27. The van der Waals surface area contributed by atoms with Crippen LogP contribution >= 0.6 is 0 Å². The summed E-state index contributed by atoms with van der Waals surface area (Å²) in [6.07, 6.45) is 4.07. The summed E-state index contributed by atoms with van der Waals surface area (Å²) in [5, 5.41) is 6.41. The Morgan fingerprint density at radius 3 is 2.76 bits per heavy atom. The smallest absolute Gasteiger partial charge is 0.221 e. The normalized spacial score (nSPS) is 17.4. The first-order valence-electron chi connectivity index (χ1n) is 7.98. The monoisotopic (exact) mass is 289 g/mol. The molecule has 1 amide bonds. The third-order valence-corrected chi connectivity index (χ3v) is 4.03. The van der Waals surface area contributed by atoms with Crippen molar-refractivity contribution >= 4 is 11.6 Å². The highest BCUT2D eigenvalue weighted by molar-refractivity contribution is 5.88. The predicted molar refractivity (Wildman–Crippen MR) is 87.5 cm³/mol. The van der Waals surface area contributed by atoms with Gasteiger partial charge in [0.05, 0.1) is 0 Å². The zero-order chi connectivity index (χ0) is 15.1. The van der Waals surface area contributed by atoms with Gasteiger partial charge in [-0.25, -0.2) is 0 Å². The Kier molecular flexibility index (Phi) is 6.21. The maximum atomic E-state index is 11.1. The number of carbonyl (C=O) groups excluding carboxylic acids is 1. The number of rotatable bonds is 6. The van der Waals surface area contributed by atoms with Crippen LogP contribution < -0.4 is 10.6 Å². The van der Waals surface area contributed by atoms with E-state index >= 15 is 0 Å². The molecule has 1 unspecified atom stereocenters. The van der Waals surface area contributed by atoms with E-state index in [0.29, 0.717) is 6.04 Å². The quantitative estimate of drug-likeness (QED) is 0.846. The zero-order valence-electron chi connectivity index (χ0n) is 13.2. The fourth-order valence-corrected chi connectivity index (χ4v) is 2.83. The van der Waals surface area contributed by atoms with Crippen LogP contribution in [0.1, 0.15) is 44.7 Å². The molecular formula is C17H27N3O. The lowest BCUT2D eigenvalue weighted by atomic mass is 10.1. The molecule has 1 aromatic carbocycles. The summed E-state index contributed by atoms with van der Waals surface area (Å²) in [6, 6.07) is 8.35. The van der Waals surface area contributed by atoms with E-state index in [9.17, 15) is 4.79 Å². The summed E-state index contributed by atoms with van der Waals surface area (Å²) in [4.78, 5) is 13.6. The molecule has 0 aliphatic carbocycles. The predicted octanol–water partition coefficient (Wildman–Crippen LogP) is 2.78. The maximum Gasteiger partial charge on any atom is 0.221 e. The van der Waals surface area contributed by atoms with Crippen LogP contribution in [0.5, 0.6) is 0 Å². The van der Waals surface area contributed by atoms with Crippen molar-refractivity contribution in [1.82, 2.24) is 10.2 Å². The van der Waals surface area contributed by atoms with Gasteiger partial charge in [-0.1, -0.05) is 18.6 Å². The van der Waals surface area contributed by atoms with Crippen LogP contribution in [0.25, 0.3) is 0 Å². The molecule has 1 atom stereocenters. The lowest BCUT2D eigenvalue weighted by molar-refractivity contribution is -0.114. The Morgan fingerprint density at radius 2 is 2.05 bits per heavy atom. The summed E-state index contributed by atoms with van der Waals surface area (Å²) in [5.74, 6) is -0.0298. The van der Waals surface area contributed by atoms with Gasteiger partial charge in [0.15, 0.2) is 0 Å². The van der Waals surface area contributed by atoms with E-state index in [-0.39, 0.29) is 5.91 Å². The number of nitrogens with one attached hydrogen (secondary N) is 2. The van der Waals surface area contributed by atoms with E-state index in [4.69, 9.17) is 0 Å². The van der Waals surface area contributed by atoms with Gasteiger partial charge in [-0.3, -0.25) is 4.79 Å². The van der Waals surface area contributed by atoms with Crippen LogP contribution in [0, 0.1) is 0 Å². The van der Waals surface area contributed by atoms with Crippen LogP contribution in [-0.2, 0) is 4.79 Å². The average molecular weight is 289 g/mol. The highest BCUT2D eigenvalue weighted by Gasteiger charge is 2.10. The van der Waals surface area contributed by atoms with Gasteiger partial charge in [-0.05, 0) is 50.6 Å². The van der Waals surface area contributed by atoms with Crippen molar-refractivity contribution in [2.24, 2.45) is 0 Å². The van der Waals surface area contributed by atoms with Gasteiger partial charge in [-0.2, -0.15) is 0 Å². The molecule has 1 aromatic rings. The number of benzene rings is 1. The highest BCUT2D eigenvalue weighted by Crippen LogP contribution is 2.17. The largest absolute Gasteiger partial charge is 0.326 e. The molecule has 0 saturated carbocycles. The Balaban J connectivity index is 1.79. The van der Waals surface area contributed by atoms with Crippen molar-refractivity contribution in [1.29, 1.82) is 0 Å². The summed E-state index contributed by atoms with van der Waals surface area (Å²) in [7, 11) is 0. The van der Waals surface area contributed by atoms with E-state index in [1.165, 1.54) is 44.8 Å². The minimum Gasteiger partial charge on any atom is -0.326 e. The third-order valence-electron chi connectivity index (χ3n) is 4.03. The minimum atomic E-state index is -0.0298. The van der Waals surface area contributed by atoms with E-state index in [2.05, 4.69) is 28.5 Å². The van der Waals surface area contributed by atoms with Gasteiger partial charge in [0.2, 0.25) is 5.91 Å². The first-order valence-corrected chi connectivity index (χ1v) is 7.98. The highest BCUT2D eigenvalue weighted by atomic mass is 16.1. The topological polar surface area (TPSA) is 44.4 Å². The van der Waals surface area contributed by atoms with Crippen molar-refractivity contribution in [3.63, 3.8) is 0 Å². The fraction of sp³-hybridized carbons (Fsp3) is 0.588. The molecule has 2 N–H and O–H groups in total. The number of piperidine rings is 1. The molecule has 2 rings (SSSR count). The average Bonchev–Trinajstić information content (AvgIpc) is 2.48. The molecule has 1 fully saturated rings. The van der Waals surface area contributed by atoms with Gasteiger partial charge in [0.25, 0.3) is 0 Å². The van der Waals surface area contributed by atoms with E-state index in [1.54, 1.807) is 0 Å². The fourth-order valence-electron chi connectivity index (χ4n) is 2.83. The van der Waals surface area contributed by atoms with Gasteiger partial charge in [0.1, 0.15) is 0 Å². The number of hydrogen-bond acceptors (Lipinski definition) is 3. The Hall–Kier alpha value is -1.39. The number of anilines is 1. The van der Waals surface area contributed by atoms with Crippen molar-refractivity contribution < 1.29 is 4.79 Å². The Bertz CT molecular complexity index is 455. The molecule has 0 bridgehead atoms. The van der Waals surface area contributed by atoms with Crippen LogP contribution in [-0.4, -0.2) is 37.0 Å². The Labute approximate surface area is 127 Å². The number of hydrogen-bond donors (Lipinski definition) is 2. The summed E-state index contributed by atoms with van der Waals surface area (Å²) in [5.41, 5.74) is 2.07. The van der Waals surface area contributed by atoms with Crippen molar-refractivity contribution in [3.8, 4) is 0 Å². The van der Waals surface area contributed by atoms with Crippen LogP contribution in [0.3, 0.4) is 0 Å². The minimum absolute atomic E-state index is 0.0298.